The molecule has 0 saturated carbocycles. The number of unbranched alkanes of at least 4 members (excludes halogenated alkanes) is 1. The molecule has 9 heteroatoms. The van der Waals surface area contributed by atoms with Gasteiger partial charge in [-0.1, -0.05) is 49.7 Å². The zero-order valence-corrected chi connectivity index (χ0v) is 21.9. The number of anilines is 1. The average Bonchev–Trinajstić information content (AvgIpc) is 2.84. The maximum Gasteiger partial charge on any atom is 0.242 e. The lowest BCUT2D eigenvalue weighted by molar-refractivity contribution is -0.140. The minimum absolute atomic E-state index is 0.107. The van der Waals surface area contributed by atoms with Crippen LogP contribution in [0.5, 0.6) is 5.75 Å². The van der Waals surface area contributed by atoms with Crippen LogP contribution in [0.25, 0.3) is 0 Å². The van der Waals surface area contributed by atoms with E-state index in [1.807, 2.05) is 37.3 Å². The second kappa shape index (κ2) is 13.7. The highest BCUT2D eigenvalue weighted by atomic mass is 32.2. The number of sulfonamides is 1. The van der Waals surface area contributed by atoms with Crippen LogP contribution < -0.4 is 14.4 Å². The molecular weight excluding hydrogens is 466 g/mol. The van der Waals surface area contributed by atoms with Gasteiger partial charge in [-0.25, -0.2) is 8.42 Å². The van der Waals surface area contributed by atoms with E-state index in [-0.39, 0.29) is 24.8 Å². The molecule has 0 bridgehead atoms. The molecule has 1 N–H and O–H groups in total. The summed E-state index contributed by atoms with van der Waals surface area (Å²) in [6, 6.07) is 15.7. The van der Waals surface area contributed by atoms with Gasteiger partial charge < -0.3 is 15.0 Å². The molecule has 2 rings (SSSR count). The fraction of sp³-hybridized carbons (Fsp3) is 0.462. The summed E-state index contributed by atoms with van der Waals surface area (Å²) >= 11 is 0. The van der Waals surface area contributed by atoms with E-state index in [1.54, 1.807) is 36.1 Å². The molecule has 0 aromatic heterocycles. The van der Waals surface area contributed by atoms with Crippen LogP contribution in [0.15, 0.2) is 54.6 Å². The fourth-order valence-electron chi connectivity index (χ4n) is 3.67. The highest BCUT2D eigenvalue weighted by molar-refractivity contribution is 7.92. The van der Waals surface area contributed by atoms with Crippen molar-refractivity contribution in [1.82, 2.24) is 10.2 Å². The lowest BCUT2D eigenvalue weighted by atomic mass is 10.1. The third-order valence-electron chi connectivity index (χ3n) is 5.69. The molecule has 0 aliphatic carbocycles. The summed E-state index contributed by atoms with van der Waals surface area (Å²) in [4.78, 5) is 27.5. The minimum Gasteiger partial charge on any atom is -0.497 e. The number of rotatable bonds is 14. The van der Waals surface area contributed by atoms with E-state index in [9.17, 15) is 18.0 Å². The van der Waals surface area contributed by atoms with Crippen molar-refractivity contribution in [2.24, 2.45) is 0 Å². The van der Waals surface area contributed by atoms with Crippen molar-refractivity contribution in [3.05, 3.63) is 60.2 Å². The summed E-state index contributed by atoms with van der Waals surface area (Å²) in [7, 11) is -2.05. The number of methoxy groups -OCH3 is 1. The Balaban J connectivity index is 2.12. The van der Waals surface area contributed by atoms with Crippen molar-refractivity contribution < 1.29 is 22.7 Å². The molecule has 0 fully saturated rings. The second-order valence-electron chi connectivity index (χ2n) is 8.47. The normalized spacial score (nSPS) is 12.0. The van der Waals surface area contributed by atoms with E-state index in [4.69, 9.17) is 4.74 Å². The molecule has 0 aliphatic heterocycles. The van der Waals surface area contributed by atoms with E-state index in [0.29, 0.717) is 30.9 Å². The van der Waals surface area contributed by atoms with Gasteiger partial charge in [-0.3, -0.25) is 13.9 Å². The zero-order valence-electron chi connectivity index (χ0n) is 21.1. The first-order valence-corrected chi connectivity index (χ1v) is 13.7. The quantitative estimate of drug-likeness (QED) is 0.398. The predicted octanol–water partition coefficient (Wildman–Crippen LogP) is 3.58. The van der Waals surface area contributed by atoms with Gasteiger partial charge in [0.15, 0.2) is 0 Å². The van der Waals surface area contributed by atoms with Crippen LogP contribution in [-0.2, 0) is 26.2 Å². The second-order valence-corrected chi connectivity index (χ2v) is 10.4. The summed E-state index contributed by atoms with van der Waals surface area (Å²) in [5.41, 5.74) is 1.40. The largest absolute Gasteiger partial charge is 0.497 e. The van der Waals surface area contributed by atoms with Crippen molar-refractivity contribution in [3.8, 4) is 5.75 Å². The molecule has 2 aromatic rings. The number of hydrogen-bond acceptors (Lipinski definition) is 5. The number of amides is 2. The van der Waals surface area contributed by atoms with Crippen LogP contribution in [0, 0.1) is 0 Å². The Labute approximate surface area is 209 Å². The smallest absolute Gasteiger partial charge is 0.242 e. The first-order valence-electron chi connectivity index (χ1n) is 11.9. The monoisotopic (exact) mass is 503 g/mol. The standard InChI is InChI=1S/C26H37N3O5S/c1-5-6-17-27-26(31)21(2)28(20-22-12-8-7-9-13-22)25(30)16-11-18-29(35(4,32)33)23-14-10-15-24(19-23)34-3/h7-10,12-15,19,21H,5-6,11,16-18,20H2,1-4H3,(H,27,31). The zero-order chi connectivity index (χ0) is 25.8. The van der Waals surface area contributed by atoms with E-state index in [0.717, 1.165) is 24.7 Å². The van der Waals surface area contributed by atoms with Gasteiger partial charge in [-0.05, 0) is 37.5 Å². The molecule has 8 nitrogen and oxygen atoms in total. The Morgan fingerprint density at radius 2 is 1.77 bits per heavy atom. The van der Waals surface area contributed by atoms with Crippen molar-refractivity contribution >= 4 is 27.5 Å². The summed E-state index contributed by atoms with van der Waals surface area (Å²) in [6.45, 7) is 4.77. The molecule has 2 aromatic carbocycles. The van der Waals surface area contributed by atoms with Crippen molar-refractivity contribution in [3.63, 3.8) is 0 Å². The maximum atomic E-state index is 13.2. The SMILES string of the molecule is CCCCNC(=O)C(C)N(Cc1ccccc1)C(=O)CCCN(c1cccc(OC)c1)S(C)(=O)=O. The van der Waals surface area contributed by atoms with Crippen LogP contribution in [0.2, 0.25) is 0 Å². The number of carbonyl (C=O) groups is 2. The molecule has 35 heavy (non-hydrogen) atoms. The average molecular weight is 504 g/mol. The number of ether oxygens (including phenoxy) is 1. The number of nitrogens with one attached hydrogen (secondary N) is 1. The lowest BCUT2D eigenvalue weighted by Gasteiger charge is -2.29. The van der Waals surface area contributed by atoms with E-state index >= 15 is 0 Å². The molecule has 0 heterocycles. The number of carbonyl (C=O) groups excluding carboxylic acids is 2. The first kappa shape index (κ1) is 28.2. The van der Waals surface area contributed by atoms with Gasteiger partial charge >= 0.3 is 0 Å². The Hall–Kier alpha value is -3.07. The van der Waals surface area contributed by atoms with Gasteiger partial charge in [-0.2, -0.15) is 0 Å². The van der Waals surface area contributed by atoms with Crippen molar-refractivity contribution in [2.75, 3.05) is 30.8 Å². The Kier molecular flexibility index (Phi) is 11.0. The van der Waals surface area contributed by atoms with Crippen LogP contribution in [0.4, 0.5) is 5.69 Å². The predicted molar refractivity (Wildman–Crippen MR) is 139 cm³/mol. The van der Waals surface area contributed by atoms with Crippen LogP contribution in [0.1, 0.15) is 45.1 Å². The van der Waals surface area contributed by atoms with Gasteiger partial charge in [-0.15, -0.1) is 0 Å². The minimum atomic E-state index is -3.56. The van der Waals surface area contributed by atoms with Gasteiger partial charge in [0.05, 0.1) is 19.1 Å². The molecular formula is C26H37N3O5S. The van der Waals surface area contributed by atoms with Crippen molar-refractivity contribution in [1.29, 1.82) is 0 Å². The number of nitrogens with zero attached hydrogens (tertiary/aromatic N) is 2. The fourth-order valence-corrected chi connectivity index (χ4v) is 4.63. The van der Waals surface area contributed by atoms with Crippen LogP contribution >= 0.6 is 0 Å². The van der Waals surface area contributed by atoms with E-state index in [2.05, 4.69) is 5.32 Å². The van der Waals surface area contributed by atoms with Gasteiger partial charge in [0.1, 0.15) is 11.8 Å². The van der Waals surface area contributed by atoms with Gasteiger partial charge in [0.25, 0.3) is 0 Å². The molecule has 0 spiro atoms. The third-order valence-corrected chi connectivity index (χ3v) is 6.88. The van der Waals surface area contributed by atoms with Gasteiger partial charge in [0.2, 0.25) is 21.8 Å². The molecule has 0 saturated heterocycles. The number of hydrogen-bond donors (Lipinski definition) is 1. The molecule has 1 unspecified atom stereocenters. The van der Waals surface area contributed by atoms with Gasteiger partial charge in [0, 0.05) is 32.1 Å². The summed E-state index contributed by atoms with van der Waals surface area (Å²) in [5, 5.41) is 2.90. The van der Waals surface area contributed by atoms with Crippen LogP contribution in [0.3, 0.4) is 0 Å². The topological polar surface area (TPSA) is 96.0 Å². The van der Waals surface area contributed by atoms with E-state index < -0.39 is 16.1 Å². The Morgan fingerprint density at radius 3 is 2.40 bits per heavy atom. The molecule has 192 valence electrons. The molecule has 0 aliphatic rings. The third kappa shape index (κ3) is 8.90. The lowest BCUT2D eigenvalue weighted by Crippen LogP contribution is -2.47. The Bertz CT molecular complexity index is 1060. The maximum absolute atomic E-state index is 13.2. The summed E-state index contributed by atoms with van der Waals surface area (Å²) in [6.07, 6.45) is 3.38. The summed E-state index contributed by atoms with van der Waals surface area (Å²) < 4.78 is 31.4. The Morgan fingerprint density at radius 1 is 1.06 bits per heavy atom. The van der Waals surface area contributed by atoms with Crippen molar-refractivity contribution in [2.45, 2.75) is 52.1 Å². The molecule has 1 atom stereocenters. The summed E-state index contributed by atoms with van der Waals surface area (Å²) in [5.74, 6) is 0.145. The van der Waals surface area contributed by atoms with E-state index in [1.165, 1.54) is 11.4 Å². The number of benzene rings is 2. The molecule has 0 radical (unpaired) electrons. The highest BCUT2D eigenvalue weighted by Crippen LogP contribution is 2.23. The molecule has 2 amide bonds. The van der Waals surface area contributed by atoms with Crippen LogP contribution in [-0.4, -0.2) is 57.6 Å². The highest BCUT2D eigenvalue weighted by Gasteiger charge is 2.26. The first-order chi connectivity index (χ1) is 16.7.